The van der Waals surface area contributed by atoms with Gasteiger partial charge in [0, 0.05) is 0 Å². The Morgan fingerprint density at radius 2 is 1.80 bits per heavy atom. The molecule has 0 aliphatic heterocycles. The van der Waals surface area contributed by atoms with Crippen LogP contribution in [-0.2, 0) is 16.6 Å². The van der Waals surface area contributed by atoms with Crippen LogP contribution in [0.2, 0.25) is 0 Å². The maximum absolute atomic E-state index is 12.3. The molecule has 0 amide bonds. The van der Waals surface area contributed by atoms with Crippen molar-refractivity contribution in [1.29, 1.82) is 0 Å². The van der Waals surface area contributed by atoms with E-state index in [1.165, 1.54) is 18.4 Å². The highest BCUT2D eigenvalue weighted by Gasteiger charge is 2.22. The van der Waals surface area contributed by atoms with Crippen molar-refractivity contribution in [2.75, 3.05) is 5.75 Å². The monoisotopic (exact) mass is 228 g/mol. The topological polar surface area (TPSA) is 34.1 Å². The number of halogens is 1. The fourth-order valence-corrected chi connectivity index (χ4v) is 2.09. The van der Waals surface area contributed by atoms with Gasteiger partial charge in [0.05, 0.1) is 5.75 Å². The van der Waals surface area contributed by atoms with Crippen molar-refractivity contribution >= 4 is 10.2 Å². The lowest BCUT2D eigenvalue weighted by Gasteiger charge is -2.01. The smallest absolute Gasteiger partial charge is 0.195 e. The van der Waals surface area contributed by atoms with E-state index in [9.17, 15) is 12.3 Å². The van der Waals surface area contributed by atoms with Crippen LogP contribution < -0.4 is 0 Å². The fourth-order valence-electron chi connectivity index (χ4n) is 1.61. The van der Waals surface area contributed by atoms with E-state index in [1.54, 1.807) is 0 Å². The zero-order chi connectivity index (χ0) is 10.9. The first-order valence-electron chi connectivity index (χ1n) is 5.06. The van der Waals surface area contributed by atoms with Crippen molar-refractivity contribution in [2.24, 2.45) is 0 Å². The average Bonchev–Trinajstić information content (AvgIpc) is 2.98. The second-order valence-corrected chi connectivity index (χ2v) is 5.49. The van der Waals surface area contributed by atoms with E-state index in [2.05, 4.69) is 0 Å². The maximum atomic E-state index is 12.3. The van der Waals surface area contributed by atoms with Crippen LogP contribution in [0.25, 0.3) is 0 Å². The zero-order valence-electron chi connectivity index (χ0n) is 8.32. The van der Waals surface area contributed by atoms with Crippen molar-refractivity contribution in [2.45, 2.75) is 25.2 Å². The third-order valence-electron chi connectivity index (χ3n) is 2.66. The van der Waals surface area contributed by atoms with Crippen LogP contribution in [0.15, 0.2) is 24.3 Å². The highest BCUT2D eigenvalue weighted by atomic mass is 32.3. The van der Waals surface area contributed by atoms with Crippen LogP contribution in [0, 0.1) is 0 Å². The molecule has 82 valence electrons. The molecule has 0 saturated heterocycles. The molecule has 0 bridgehead atoms. The van der Waals surface area contributed by atoms with E-state index in [-0.39, 0.29) is 6.42 Å². The highest BCUT2D eigenvalue weighted by Crippen LogP contribution is 2.39. The van der Waals surface area contributed by atoms with Crippen molar-refractivity contribution in [3.05, 3.63) is 35.4 Å². The minimum Gasteiger partial charge on any atom is -0.195 e. The number of hydrogen-bond donors (Lipinski definition) is 0. The molecule has 15 heavy (non-hydrogen) atoms. The molecule has 4 heteroatoms. The molecule has 1 aliphatic rings. The molecule has 0 heterocycles. The van der Waals surface area contributed by atoms with Crippen molar-refractivity contribution < 1.29 is 12.3 Å². The van der Waals surface area contributed by atoms with E-state index in [1.807, 2.05) is 24.3 Å². The zero-order valence-corrected chi connectivity index (χ0v) is 9.13. The summed E-state index contributed by atoms with van der Waals surface area (Å²) in [5, 5.41) is 0. The van der Waals surface area contributed by atoms with E-state index >= 15 is 0 Å². The molecule has 1 saturated carbocycles. The van der Waals surface area contributed by atoms with Gasteiger partial charge in [-0.25, -0.2) is 0 Å². The van der Waals surface area contributed by atoms with Gasteiger partial charge in [0.15, 0.2) is 0 Å². The molecule has 0 radical (unpaired) electrons. The Labute approximate surface area is 89.3 Å². The summed E-state index contributed by atoms with van der Waals surface area (Å²) in [7, 11) is -4.34. The summed E-state index contributed by atoms with van der Waals surface area (Å²) in [5.41, 5.74) is 2.18. The van der Waals surface area contributed by atoms with Crippen LogP contribution >= 0.6 is 0 Å². The van der Waals surface area contributed by atoms with Gasteiger partial charge in [0.2, 0.25) is 0 Å². The quantitative estimate of drug-likeness (QED) is 0.742. The SMILES string of the molecule is O=S(=O)(F)CCc1ccc(C2CC2)cc1. The third kappa shape index (κ3) is 3.30. The van der Waals surface area contributed by atoms with E-state index in [0.717, 1.165) is 5.56 Å². The average molecular weight is 228 g/mol. The molecule has 1 aromatic rings. The van der Waals surface area contributed by atoms with E-state index in [0.29, 0.717) is 5.92 Å². The van der Waals surface area contributed by atoms with Gasteiger partial charge in [-0.05, 0) is 36.3 Å². The molecule has 1 aliphatic carbocycles. The second-order valence-electron chi connectivity index (χ2n) is 4.01. The molecule has 0 unspecified atom stereocenters. The first-order chi connectivity index (χ1) is 7.04. The molecule has 0 atom stereocenters. The minimum atomic E-state index is -4.34. The van der Waals surface area contributed by atoms with Gasteiger partial charge in [-0.15, -0.1) is 3.89 Å². The predicted octanol–water partition coefficient (Wildman–Crippen LogP) is 2.41. The third-order valence-corrected chi connectivity index (χ3v) is 3.35. The van der Waals surface area contributed by atoms with Crippen molar-refractivity contribution in [3.8, 4) is 0 Å². The molecular formula is C11H13FO2S. The Balaban J connectivity index is 1.97. The van der Waals surface area contributed by atoms with Gasteiger partial charge in [0.1, 0.15) is 0 Å². The van der Waals surface area contributed by atoms with E-state index < -0.39 is 16.0 Å². The molecular weight excluding hydrogens is 215 g/mol. The molecule has 0 spiro atoms. The summed E-state index contributed by atoms with van der Waals surface area (Å²) < 4.78 is 32.9. The molecule has 1 fully saturated rings. The van der Waals surface area contributed by atoms with Crippen molar-refractivity contribution in [1.82, 2.24) is 0 Å². The van der Waals surface area contributed by atoms with Gasteiger partial charge >= 0.3 is 10.2 Å². The summed E-state index contributed by atoms with van der Waals surface area (Å²) in [5.74, 6) is 0.277. The van der Waals surface area contributed by atoms with Crippen molar-refractivity contribution in [3.63, 3.8) is 0 Å². The van der Waals surface area contributed by atoms with E-state index in [4.69, 9.17) is 0 Å². The number of benzene rings is 1. The number of hydrogen-bond acceptors (Lipinski definition) is 2. The highest BCUT2D eigenvalue weighted by molar-refractivity contribution is 7.86. The van der Waals surface area contributed by atoms with Crippen LogP contribution in [0.4, 0.5) is 3.89 Å². The van der Waals surface area contributed by atoms with Crippen LogP contribution in [-0.4, -0.2) is 14.2 Å². The Bertz CT molecular complexity index is 432. The molecule has 0 N–H and O–H groups in total. The van der Waals surface area contributed by atoms with Crippen LogP contribution in [0.5, 0.6) is 0 Å². The Hall–Kier alpha value is -0.900. The number of aryl methyl sites for hydroxylation is 1. The van der Waals surface area contributed by atoms with Crippen LogP contribution in [0.3, 0.4) is 0 Å². The summed E-state index contributed by atoms with van der Waals surface area (Å²) in [4.78, 5) is 0. The lowest BCUT2D eigenvalue weighted by molar-refractivity contribution is 0.551. The summed E-state index contributed by atoms with van der Waals surface area (Å²) in [6.45, 7) is 0. The Morgan fingerprint density at radius 1 is 1.20 bits per heavy atom. The van der Waals surface area contributed by atoms with Gasteiger partial charge in [-0.3, -0.25) is 0 Å². The molecule has 2 rings (SSSR count). The predicted molar refractivity (Wildman–Crippen MR) is 57.0 cm³/mol. The lowest BCUT2D eigenvalue weighted by Crippen LogP contribution is -2.01. The minimum absolute atomic E-state index is 0.254. The lowest BCUT2D eigenvalue weighted by atomic mass is 10.1. The van der Waals surface area contributed by atoms with Crippen LogP contribution in [0.1, 0.15) is 29.9 Å². The maximum Gasteiger partial charge on any atom is 0.302 e. The largest absolute Gasteiger partial charge is 0.302 e. The van der Waals surface area contributed by atoms with Gasteiger partial charge < -0.3 is 0 Å². The summed E-state index contributed by atoms with van der Waals surface area (Å²) in [6, 6.07) is 7.80. The fraction of sp³-hybridized carbons (Fsp3) is 0.455. The van der Waals surface area contributed by atoms with Gasteiger partial charge in [0.25, 0.3) is 0 Å². The van der Waals surface area contributed by atoms with Gasteiger partial charge in [-0.2, -0.15) is 8.42 Å². The molecule has 0 aromatic heterocycles. The second kappa shape index (κ2) is 3.93. The normalized spacial score (nSPS) is 16.6. The first-order valence-corrected chi connectivity index (χ1v) is 6.61. The first kappa shape index (κ1) is 10.6. The molecule has 1 aromatic carbocycles. The molecule has 2 nitrogen and oxygen atoms in total. The standard InChI is InChI=1S/C11H13FO2S/c12-15(13,14)8-7-9-1-3-10(4-2-9)11-5-6-11/h1-4,11H,5-8H2. The Kier molecular flexibility index (Phi) is 2.78. The summed E-state index contributed by atoms with van der Waals surface area (Å²) in [6.07, 6.45) is 2.75. The van der Waals surface area contributed by atoms with Gasteiger partial charge in [-0.1, -0.05) is 24.3 Å². The summed E-state index contributed by atoms with van der Waals surface area (Å²) >= 11 is 0. The Morgan fingerprint density at radius 3 is 2.27 bits per heavy atom. The number of rotatable bonds is 4.